The third kappa shape index (κ3) is 3.07. The maximum Gasteiger partial charge on any atom is 0.320 e. The molecule has 1 heterocycles. The predicted octanol–water partition coefficient (Wildman–Crippen LogP) is 1.79. The van der Waals surface area contributed by atoms with Crippen molar-refractivity contribution in [1.29, 1.82) is 0 Å². The van der Waals surface area contributed by atoms with Gasteiger partial charge >= 0.3 is 5.97 Å². The Bertz CT molecular complexity index is 539. The molecule has 1 atom stereocenters. The summed E-state index contributed by atoms with van der Waals surface area (Å²) in [7, 11) is 0. The van der Waals surface area contributed by atoms with Gasteiger partial charge in [0.2, 0.25) is 0 Å². The summed E-state index contributed by atoms with van der Waals surface area (Å²) < 4.78 is 1.27. The van der Waals surface area contributed by atoms with E-state index in [0.717, 1.165) is 6.54 Å². The molecule has 0 bridgehead atoms. The predicted molar refractivity (Wildman–Crippen MR) is 73.8 cm³/mol. The highest BCUT2D eigenvalue weighted by atomic mass is 32.1. The number of aliphatic carboxylic acids is 1. The molecule has 1 unspecified atom stereocenters. The normalized spacial score (nSPS) is 12.7. The minimum absolute atomic E-state index is 0.442. The molecule has 0 fully saturated rings. The van der Waals surface area contributed by atoms with Crippen LogP contribution in [0.3, 0.4) is 0 Å². The molecule has 0 spiro atoms. The number of carboxylic acid groups (broad SMARTS) is 1. The van der Waals surface area contributed by atoms with Gasteiger partial charge < -0.3 is 16.2 Å². The number of benzene rings is 1. The number of hydrogen-bond acceptors (Lipinski definition) is 4. The van der Waals surface area contributed by atoms with Gasteiger partial charge in [-0.05, 0) is 35.4 Å². The Balaban J connectivity index is 1.85. The van der Waals surface area contributed by atoms with E-state index in [1.165, 1.54) is 15.6 Å². The van der Waals surface area contributed by atoms with Crippen LogP contribution < -0.4 is 11.1 Å². The lowest BCUT2D eigenvalue weighted by Crippen LogP contribution is -2.33. The molecule has 0 aliphatic heterocycles. The van der Waals surface area contributed by atoms with Crippen LogP contribution in [0, 0.1) is 0 Å². The topological polar surface area (TPSA) is 75.3 Å². The summed E-state index contributed by atoms with van der Waals surface area (Å²) in [6.07, 6.45) is 0.442. The van der Waals surface area contributed by atoms with Crippen molar-refractivity contribution in [3.05, 3.63) is 35.2 Å². The minimum atomic E-state index is -0.946. The maximum absolute atomic E-state index is 10.5. The van der Waals surface area contributed by atoms with E-state index in [4.69, 9.17) is 10.8 Å². The van der Waals surface area contributed by atoms with Crippen molar-refractivity contribution in [2.24, 2.45) is 5.73 Å². The van der Waals surface area contributed by atoms with Crippen molar-refractivity contribution in [2.45, 2.75) is 19.0 Å². The summed E-state index contributed by atoms with van der Waals surface area (Å²) >= 11 is 1.72. The first-order valence-corrected chi connectivity index (χ1v) is 6.70. The SMILES string of the molecule is NC(CCNCc1csc2ccccc12)C(=O)O. The number of carbonyl (C=O) groups is 1. The highest BCUT2D eigenvalue weighted by molar-refractivity contribution is 7.17. The summed E-state index contributed by atoms with van der Waals surface area (Å²) in [5.41, 5.74) is 6.68. The van der Waals surface area contributed by atoms with Crippen molar-refractivity contribution in [3.63, 3.8) is 0 Å². The molecule has 0 aliphatic rings. The fraction of sp³-hybridized carbons (Fsp3) is 0.308. The van der Waals surface area contributed by atoms with Gasteiger partial charge in [0, 0.05) is 11.2 Å². The number of rotatable bonds is 6. The van der Waals surface area contributed by atoms with Crippen LogP contribution in [0.4, 0.5) is 0 Å². The lowest BCUT2D eigenvalue weighted by atomic mass is 10.1. The van der Waals surface area contributed by atoms with Gasteiger partial charge in [-0.15, -0.1) is 11.3 Å². The van der Waals surface area contributed by atoms with Crippen LogP contribution in [0.5, 0.6) is 0 Å². The van der Waals surface area contributed by atoms with E-state index >= 15 is 0 Å². The van der Waals surface area contributed by atoms with Crippen molar-refractivity contribution >= 4 is 27.4 Å². The van der Waals surface area contributed by atoms with Crippen molar-refractivity contribution in [2.75, 3.05) is 6.54 Å². The first-order valence-electron chi connectivity index (χ1n) is 5.82. The average Bonchev–Trinajstić information content (AvgIpc) is 2.77. The van der Waals surface area contributed by atoms with Gasteiger partial charge in [0.05, 0.1) is 0 Å². The van der Waals surface area contributed by atoms with Gasteiger partial charge in [0.15, 0.2) is 0 Å². The lowest BCUT2D eigenvalue weighted by molar-refractivity contribution is -0.138. The molecule has 0 radical (unpaired) electrons. The fourth-order valence-electron chi connectivity index (χ4n) is 1.77. The highest BCUT2D eigenvalue weighted by Crippen LogP contribution is 2.25. The molecule has 0 saturated heterocycles. The quantitative estimate of drug-likeness (QED) is 0.695. The van der Waals surface area contributed by atoms with Gasteiger partial charge in [-0.1, -0.05) is 18.2 Å². The first-order chi connectivity index (χ1) is 8.68. The second-order valence-electron chi connectivity index (χ2n) is 4.17. The van der Waals surface area contributed by atoms with E-state index in [2.05, 4.69) is 22.8 Å². The number of hydrogen-bond donors (Lipinski definition) is 3. The Morgan fingerprint density at radius 3 is 3.00 bits per heavy atom. The standard InChI is InChI=1S/C13H16N2O2S/c14-11(13(16)17)5-6-15-7-9-8-18-12-4-2-1-3-10(9)12/h1-4,8,11,15H,5-7,14H2,(H,16,17). The molecule has 2 aromatic rings. The van der Waals surface area contributed by atoms with E-state index in [0.29, 0.717) is 13.0 Å². The molecule has 2 rings (SSSR count). The van der Waals surface area contributed by atoms with Crippen molar-refractivity contribution in [3.8, 4) is 0 Å². The molecule has 4 N–H and O–H groups in total. The van der Waals surface area contributed by atoms with E-state index in [-0.39, 0.29) is 0 Å². The van der Waals surface area contributed by atoms with Crippen molar-refractivity contribution in [1.82, 2.24) is 5.32 Å². The number of nitrogens with two attached hydrogens (primary N) is 1. The third-order valence-corrected chi connectivity index (χ3v) is 3.84. The molecule has 18 heavy (non-hydrogen) atoms. The highest BCUT2D eigenvalue weighted by Gasteiger charge is 2.10. The van der Waals surface area contributed by atoms with E-state index in [9.17, 15) is 4.79 Å². The summed E-state index contributed by atoms with van der Waals surface area (Å²) in [6, 6.07) is 7.48. The van der Waals surface area contributed by atoms with Crippen LogP contribution in [0.1, 0.15) is 12.0 Å². The molecule has 0 aliphatic carbocycles. The fourth-order valence-corrected chi connectivity index (χ4v) is 2.74. The maximum atomic E-state index is 10.5. The molecule has 0 saturated carbocycles. The van der Waals surface area contributed by atoms with Crippen LogP contribution in [0.15, 0.2) is 29.6 Å². The second-order valence-corrected chi connectivity index (χ2v) is 5.08. The molecule has 4 nitrogen and oxygen atoms in total. The summed E-state index contributed by atoms with van der Waals surface area (Å²) in [6.45, 7) is 1.36. The second kappa shape index (κ2) is 5.95. The molecule has 1 aromatic heterocycles. The number of fused-ring (bicyclic) bond motifs is 1. The lowest BCUT2D eigenvalue weighted by Gasteiger charge is -2.07. The first kappa shape index (κ1) is 13.0. The Kier molecular flexibility index (Phi) is 4.30. The Hall–Kier alpha value is -1.43. The average molecular weight is 264 g/mol. The van der Waals surface area contributed by atoms with Crippen molar-refractivity contribution < 1.29 is 9.90 Å². The minimum Gasteiger partial charge on any atom is -0.480 e. The van der Waals surface area contributed by atoms with E-state index in [1.807, 2.05) is 12.1 Å². The van der Waals surface area contributed by atoms with E-state index < -0.39 is 12.0 Å². The molecule has 1 aromatic carbocycles. The summed E-state index contributed by atoms with van der Waals surface area (Å²) in [5, 5.41) is 15.3. The van der Waals surface area contributed by atoms with Gasteiger partial charge in [0.25, 0.3) is 0 Å². The van der Waals surface area contributed by atoms with Gasteiger partial charge in [-0.3, -0.25) is 4.79 Å². The molecule has 0 amide bonds. The zero-order valence-corrected chi connectivity index (χ0v) is 10.7. The molecular formula is C13H16N2O2S. The third-order valence-electron chi connectivity index (χ3n) is 2.83. The number of thiophene rings is 1. The Morgan fingerprint density at radius 2 is 2.22 bits per heavy atom. The van der Waals surface area contributed by atoms with Gasteiger partial charge in [-0.25, -0.2) is 0 Å². The zero-order chi connectivity index (χ0) is 13.0. The Morgan fingerprint density at radius 1 is 1.44 bits per heavy atom. The van der Waals surface area contributed by atoms with Crippen LogP contribution >= 0.6 is 11.3 Å². The van der Waals surface area contributed by atoms with Crippen LogP contribution in [-0.2, 0) is 11.3 Å². The summed E-state index contributed by atoms with van der Waals surface area (Å²) in [5.74, 6) is -0.946. The molecule has 5 heteroatoms. The smallest absolute Gasteiger partial charge is 0.320 e. The van der Waals surface area contributed by atoms with Gasteiger partial charge in [-0.2, -0.15) is 0 Å². The van der Waals surface area contributed by atoms with Crippen LogP contribution in [0.25, 0.3) is 10.1 Å². The van der Waals surface area contributed by atoms with Crippen LogP contribution in [-0.4, -0.2) is 23.7 Å². The van der Waals surface area contributed by atoms with Crippen LogP contribution in [0.2, 0.25) is 0 Å². The number of carboxylic acids is 1. The number of nitrogens with one attached hydrogen (secondary N) is 1. The molecular weight excluding hydrogens is 248 g/mol. The largest absolute Gasteiger partial charge is 0.480 e. The molecule has 96 valence electrons. The monoisotopic (exact) mass is 264 g/mol. The van der Waals surface area contributed by atoms with Gasteiger partial charge in [0.1, 0.15) is 6.04 Å². The van der Waals surface area contributed by atoms with E-state index in [1.54, 1.807) is 11.3 Å². The summed E-state index contributed by atoms with van der Waals surface area (Å²) in [4.78, 5) is 10.5. The Labute approximate surface area is 109 Å². The zero-order valence-electron chi connectivity index (χ0n) is 9.93.